The van der Waals surface area contributed by atoms with Crippen molar-refractivity contribution >= 4 is 17.2 Å². The van der Waals surface area contributed by atoms with Crippen LogP contribution in [0.25, 0.3) is 0 Å². The van der Waals surface area contributed by atoms with Crippen molar-refractivity contribution in [2.75, 3.05) is 20.8 Å². The summed E-state index contributed by atoms with van der Waals surface area (Å²) in [6.45, 7) is 3.42. The quantitative estimate of drug-likeness (QED) is 0.799. The van der Waals surface area contributed by atoms with Crippen LogP contribution in [0.4, 0.5) is 0 Å². The average molecular weight is 258 g/mol. The number of aromatic nitrogens is 1. The number of carbonyl (C=O) groups is 1. The largest absolute Gasteiger partial charge is 0.384 e. The molecule has 0 bridgehead atoms. The molecule has 1 rings (SSSR count). The highest BCUT2D eigenvalue weighted by Gasteiger charge is 2.08. The Morgan fingerprint density at radius 3 is 2.82 bits per heavy atom. The van der Waals surface area contributed by atoms with Gasteiger partial charge < -0.3 is 14.8 Å². The third-order valence-corrected chi connectivity index (χ3v) is 3.32. The molecular formula is C11H18N2O3S. The second-order valence-electron chi connectivity index (χ2n) is 3.57. The Bertz CT molecular complexity index is 366. The molecule has 0 aliphatic carbocycles. The normalized spacial score (nSPS) is 10.5. The van der Waals surface area contributed by atoms with E-state index in [9.17, 15) is 4.79 Å². The van der Waals surface area contributed by atoms with Crippen molar-refractivity contribution < 1.29 is 14.3 Å². The predicted molar refractivity (Wildman–Crippen MR) is 65.9 cm³/mol. The molecule has 5 nitrogen and oxygen atoms in total. The minimum Gasteiger partial charge on any atom is -0.384 e. The Morgan fingerprint density at radius 2 is 2.18 bits per heavy atom. The zero-order valence-corrected chi connectivity index (χ0v) is 11.2. The Morgan fingerprint density at radius 1 is 1.41 bits per heavy atom. The smallest absolute Gasteiger partial charge is 0.222 e. The van der Waals surface area contributed by atoms with Crippen LogP contribution in [0.2, 0.25) is 0 Å². The third-order valence-electron chi connectivity index (χ3n) is 2.18. The van der Waals surface area contributed by atoms with Gasteiger partial charge in [0.05, 0.1) is 25.5 Å². The first-order chi connectivity index (χ1) is 8.17. The summed E-state index contributed by atoms with van der Waals surface area (Å²) < 4.78 is 9.86. The molecule has 1 heterocycles. The van der Waals surface area contributed by atoms with Gasteiger partial charge in [0.15, 0.2) is 0 Å². The summed E-state index contributed by atoms with van der Waals surface area (Å²) in [5.41, 5.74) is 0.953. The highest BCUT2D eigenvalue weighted by atomic mass is 32.1. The molecule has 96 valence electrons. The second kappa shape index (κ2) is 7.37. The number of thiazole rings is 1. The molecule has 0 radical (unpaired) electrons. The molecule has 1 aromatic rings. The van der Waals surface area contributed by atoms with E-state index in [1.165, 1.54) is 0 Å². The summed E-state index contributed by atoms with van der Waals surface area (Å²) in [5, 5.41) is 3.78. The fourth-order valence-corrected chi connectivity index (χ4v) is 2.28. The predicted octanol–water partition coefficient (Wildman–Crippen LogP) is 1.25. The van der Waals surface area contributed by atoms with Crippen molar-refractivity contribution in [1.82, 2.24) is 10.3 Å². The zero-order valence-electron chi connectivity index (χ0n) is 10.4. The van der Waals surface area contributed by atoms with Crippen LogP contribution >= 0.6 is 11.3 Å². The van der Waals surface area contributed by atoms with Gasteiger partial charge in [0.2, 0.25) is 5.91 Å². The van der Waals surface area contributed by atoms with Crippen molar-refractivity contribution in [2.45, 2.75) is 26.5 Å². The van der Waals surface area contributed by atoms with Crippen molar-refractivity contribution in [1.29, 1.82) is 0 Å². The number of nitrogens with one attached hydrogen (secondary N) is 1. The third kappa shape index (κ3) is 4.80. The summed E-state index contributed by atoms with van der Waals surface area (Å²) in [6, 6.07) is 0. The molecule has 0 aliphatic rings. The lowest BCUT2D eigenvalue weighted by atomic mass is 10.3. The molecular weight excluding hydrogens is 240 g/mol. The van der Waals surface area contributed by atoms with E-state index in [1.807, 2.05) is 6.92 Å². The molecule has 1 aromatic heterocycles. The van der Waals surface area contributed by atoms with Crippen molar-refractivity contribution in [3.63, 3.8) is 0 Å². The Kier molecular flexibility index (Phi) is 6.10. The molecule has 1 amide bonds. The van der Waals surface area contributed by atoms with Gasteiger partial charge in [-0.05, 0) is 6.92 Å². The van der Waals surface area contributed by atoms with Crippen molar-refractivity contribution in [3.8, 4) is 0 Å². The Hall–Kier alpha value is -0.980. The number of aryl methyl sites for hydroxylation is 1. The average Bonchev–Trinajstić information content (AvgIpc) is 2.65. The van der Waals surface area contributed by atoms with Gasteiger partial charge in [-0.15, -0.1) is 11.3 Å². The van der Waals surface area contributed by atoms with Gasteiger partial charge in [-0.2, -0.15) is 0 Å². The van der Waals surface area contributed by atoms with Crippen LogP contribution in [-0.4, -0.2) is 31.7 Å². The lowest BCUT2D eigenvalue weighted by Crippen LogP contribution is -2.23. The van der Waals surface area contributed by atoms with Gasteiger partial charge in [0, 0.05) is 25.5 Å². The van der Waals surface area contributed by atoms with E-state index in [0.717, 1.165) is 15.6 Å². The number of nitrogens with zero attached hydrogens (tertiary/aromatic N) is 1. The molecule has 6 heteroatoms. The van der Waals surface area contributed by atoms with Gasteiger partial charge >= 0.3 is 0 Å². The van der Waals surface area contributed by atoms with Gasteiger partial charge in [-0.25, -0.2) is 4.98 Å². The van der Waals surface area contributed by atoms with E-state index < -0.39 is 0 Å². The SMILES string of the molecule is COCCC(=O)NCc1sc(COC)nc1C. The first-order valence-electron chi connectivity index (χ1n) is 5.37. The fraction of sp³-hybridized carbons (Fsp3) is 0.636. The molecule has 0 spiro atoms. The molecule has 0 fully saturated rings. The van der Waals surface area contributed by atoms with Gasteiger partial charge in [0.25, 0.3) is 0 Å². The number of hydrogen-bond acceptors (Lipinski definition) is 5. The monoisotopic (exact) mass is 258 g/mol. The molecule has 0 aromatic carbocycles. The van der Waals surface area contributed by atoms with Crippen LogP contribution in [0.15, 0.2) is 0 Å². The minimum absolute atomic E-state index is 0.00654. The second-order valence-corrected chi connectivity index (χ2v) is 4.74. The minimum atomic E-state index is -0.00654. The summed E-state index contributed by atoms with van der Waals surface area (Å²) in [6.07, 6.45) is 0.388. The molecule has 0 saturated carbocycles. The standard InChI is InChI=1S/C11H18N2O3S/c1-8-9(17-11(13-8)7-16-3)6-12-10(14)4-5-15-2/h4-7H2,1-3H3,(H,12,14). The molecule has 0 saturated heterocycles. The van der Waals surface area contributed by atoms with Crippen LogP contribution in [0, 0.1) is 6.92 Å². The van der Waals surface area contributed by atoms with Crippen LogP contribution in [0.5, 0.6) is 0 Å². The highest BCUT2D eigenvalue weighted by molar-refractivity contribution is 7.11. The van der Waals surface area contributed by atoms with E-state index >= 15 is 0 Å². The van der Waals surface area contributed by atoms with Crippen LogP contribution in [0.1, 0.15) is 22.0 Å². The molecule has 0 unspecified atom stereocenters. The topological polar surface area (TPSA) is 60.5 Å². The molecule has 1 N–H and O–H groups in total. The first kappa shape index (κ1) is 14.1. The number of rotatable bonds is 7. The number of ether oxygens (including phenoxy) is 2. The van der Waals surface area contributed by atoms with E-state index in [1.54, 1.807) is 25.6 Å². The van der Waals surface area contributed by atoms with E-state index in [-0.39, 0.29) is 5.91 Å². The number of carbonyl (C=O) groups excluding carboxylic acids is 1. The van der Waals surface area contributed by atoms with Gasteiger partial charge in [-0.1, -0.05) is 0 Å². The maximum atomic E-state index is 11.4. The number of amides is 1. The van der Waals surface area contributed by atoms with E-state index in [2.05, 4.69) is 10.3 Å². The summed E-state index contributed by atoms with van der Waals surface area (Å²) in [4.78, 5) is 16.8. The first-order valence-corrected chi connectivity index (χ1v) is 6.18. The lowest BCUT2D eigenvalue weighted by Gasteiger charge is -2.03. The van der Waals surface area contributed by atoms with Crippen molar-refractivity contribution in [2.24, 2.45) is 0 Å². The number of methoxy groups -OCH3 is 2. The summed E-state index contributed by atoms with van der Waals surface area (Å²) >= 11 is 1.57. The molecule has 0 aliphatic heterocycles. The summed E-state index contributed by atoms with van der Waals surface area (Å²) in [7, 11) is 3.22. The van der Waals surface area contributed by atoms with Crippen LogP contribution < -0.4 is 5.32 Å². The van der Waals surface area contributed by atoms with E-state index in [0.29, 0.717) is 26.2 Å². The van der Waals surface area contributed by atoms with Crippen molar-refractivity contribution in [3.05, 3.63) is 15.6 Å². The summed E-state index contributed by atoms with van der Waals surface area (Å²) in [5.74, 6) is -0.00654. The highest BCUT2D eigenvalue weighted by Crippen LogP contribution is 2.18. The van der Waals surface area contributed by atoms with Gasteiger partial charge in [0.1, 0.15) is 5.01 Å². The van der Waals surface area contributed by atoms with Crippen LogP contribution in [-0.2, 0) is 27.4 Å². The fourth-order valence-electron chi connectivity index (χ4n) is 1.30. The lowest BCUT2D eigenvalue weighted by molar-refractivity contribution is -0.122. The Labute approximate surface area is 105 Å². The molecule has 17 heavy (non-hydrogen) atoms. The van der Waals surface area contributed by atoms with Gasteiger partial charge in [-0.3, -0.25) is 4.79 Å². The zero-order chi connectivity index (χ0) is 12.7. The van der Waals surface area contributed by atoms with E-state index in [4.69, 9.17) is 9.47 Å². The maximum absolute atomic E-state index is 11.4. The maximum Gasteiger partial charge on any atom is 0.222 e. The van der Waals surface area contributed by atoms with Crippen LogP contribution in [0.3, 0.4) is 0 Å². The molecule has 0 atom stereocenters. The number of hydrogen-bond donors (Lipinski definition) is 1. The Balaban J connectivity index is 2.43.